The summed E-state index contributed by atoms with van der Waals surface area (Å²) in [7, 11) is -1.55. The molecule has 0 saturated carbocycles. The molecule has 0 spiro atoms. The first-order valence-electron chi connectivity index (χ1n) is 8.02. The van der Waals surface area contributed by atoms with Gasteiger partial charge in [0.25, 0.3) is 0 Å². The molecule has 2 heterocycles. The summed E-state index contributed by atoms with van der Waals surface area (Å²) in [6, 6.07) is 7.35. The second kappa shape index (κ2) is 7.78. The van der Waals surface area contributed by atoms with Crippen LogP contribution in [-0.2, 0) is 10.0 Å². The van der Waals surface area contributed by atoms with Gasteiger partial charge in [0.15, 0.2) is 0 Å². The monoisotopic (exact) mass is 369 g/mol. The number of pyridine rings is 1. The van der Waals surface area contributed by atoms with Crippen molar-refractivity contribution in [3.05, 3.63) is 36.0 Å². The molecule has 5 nitrogen and oxygen atoms in total. The van der Waals surface area contributed by atoms with E-state index in [0.29, 0.717) is 29.4 Å². The molecule has 0 atom stereocenters. The predicted molar refractivity (Wildman–Crippen MR) is 99.1 cm³/mol. The molecular formula is C17H24ClN3O2S. The number of halogens is 1. The van der Waals surface area contributed by atoms with E-state index in [-0.39, 0.29) is 12.4 Å². The lowest BCUT2D eigenvalue weighted by atomic mass is 9.98. The lowest BCUT2D eigenvalue weighted by molar-refractivity contribution is 0.271. The van der Waals surface area contributed by atoms with Crippen LogP contribution in [0.25, 0.3) is 10.9 Å². The minimum absolute atomic E-state index is 0. The summed E-state index contributed by atoms with van der Waals surface area (Å²) in [5.74, 6) is 0.555. The largest absolute Gasteiger partial charge is 0.319 e. The van der Waals surface area contributed by atoms with E-state index in [2.05, 4.69) is 10.3 Å². The molecule has 2 aromatic rings. The number of hydrogen-bond donors (Lipinski definition) is 1. The van der Waals surface area contributed by atoms with Crippen LogP contribution in [0.3, 0.4) is 0 Å². The average molecular weight is 370 g/mol. The van der Waals surface area contributed by atoms with Gasteiger partial charge in [-0.2, -0.15) is 4.31 Å². The Morgan fingerprint density at radius 3 is 2.67 bits per heavy atom. The molecule has 1 fully saturated rings. The van der Waals surface area contributed by atoms with Gasteiger partial charge in [0, 0.05) is 24.7 Å². The molecule has 0 bridgehead atoms. The number of rotatable bonds is 4. The highest BCUT2D eigenvalue weighted by Gasteiger charge is 2.30. The van der Waals surface area contributed by atoms with Gasteiger partial charge in [-0.15, -0.1) is 12.4 Å². The Hall–Kier alpha value is -1.21. The van der Waals surface area contributed by atoms with Crippen molar-refractivity contribution >= 4 is 33.3 Å². The molecule has 0 aliphatic carbocycles. The first-order valence-corrected chi connectivity index (χ1v) is 9.46. The van der Waals surface area contributed by atoms with E-state index < -0.39 is 10.0 Å². The van der Waals surface area contributed by atoms with E-state index >= 15 is 0 Å². The van der Waals surface area contributed by atoms with Gasteiger partial charge in [-0.3, -0.25) is 4.98 Å². The van der Waals surface area contributed by atoms with Crippen molar-refractivity contribution < 1.29 is 8.42 Å². The third kappa shape index (κ3) is 3.72. The lowest BCUT2D eigenvalue weighted by Crippen LogP contribution is -2.40. The molecule has 24 heavy (non-hydrogen) atoms. The fourth-order valence-corrected chi connectivity index (χ4v) is 4.87. The third-order valence-corrected chi connectivity index (χ3v) is 6.43. The SMILES string of the molecule is CNCC1CCN(S(=O)(=O)c2cccc3cc(C)cnc23)CC1.Cl. The summed E-state index contributed by atoms with van der Waals surface area (Å²) in [6.07, 6.45) is 3.52. The number of aromatic nitrogens is 1. The number of aryl methyl sites for hydroxylation is 1. The maximum Gasteiger partial charge on any atom is 0.245 e. The lowest BCUT2D eigenvalue weighted by Gasteiger charge is -2.31. The van der Waals surface area contributed by atoms with E-state index in [9.17, 15) is 8.42 Å². The van der Waals surface area contributed by atoms with E-state index in [0.717, 1.165) is 30.3 Å². The predicted octanol–water partition coefficient (Wildman–Crippen LogP) is 2.59. The number of fused-ring (bicyclic) bond motifs is 1. The molecule has 1 aromatic heterocycles. The molecule has 0 radical (unpaired) electrons. The summed E-state index contributed by atoms with van der Waals surface area (Å²) >= 11 is 0. The smallest absolute Gasteiger partial charge is 0.245 e. The molecule has 7 heteroatoms. The summed E-state index contributed by atoms with van der Waals surface area (Å²) in [4.78, 5) is 4.69. The minimum atomic E-state index is -3.49. The fraction of sp³-hybridized carbons (Fsp3) is 0.471. The van der Waals surface area contributed by atoms with Gasteiger partial charge < -0.3 is 5.32 Å². The normalized spacial score (nSPS) is 16.9. The van der Waals surface area contributed by atoms with Crippen LogP contribution in [-0.4, -0.2) is 44.4 Å². The summed E-state index contributed by atoms with van der Waals surface area (Å²) in [6.45, 7) is 4.07. The molecule has 132 valence electrons. The van der Waals surface area contributed by atoms with Crippen LogP contribution >= 0.6 is 12.4 Å². The minimum Gasteiger partial charge on any atom is -0.319 e. The van der Waals surface area contributed by atoms with Crippen molar-refractivity contribution in [3.63, 3.8) is 0 Å². The zero-order chi connectivity index (χ0) is 16.4. The first kappa shape index (κ1) is 19.1. The summed E-state index contributed by atoms with van der Waals surface area (Å²) in [5, 5.41) is 4.05. The summed E-state index contributed by atoms with van der Waals surface area (Å²) < 4.78 is 27.6. The second-order valence-electron chi connectivity index (χ2n) is 6.25. The number of nitrogens with one attached hydrogen (secondary N) is 1. The van der Waals surface area contributed by atoms with Crippen LogP contribution in [0.15, 0.2) is 35.4 Å². The van der Waals surface area contributed by atoms with Gasteiger partial charge in [-0.05, 0) is 57.0 Å². The van der Waals surface area contributed by atoms with Crippen LogP contribution in [0.2, 0.25) is 0 Å². The van der Waals surface area contributed by atoms with Crippen molar-refractivity contribution in [1.29, 1.82) is 0 Å². The van der Waals surface area contributed by atoms with Crippen molar-refractivity contribution in [1.82, 2.24) is 14.6 Å². The molecule has 1 N–H and O–H groups in total. The van der Waals surface area contributed by atoms with Crippen LogP contribution in [0.4, 0.5) is 0 Å². The van der Waals surface area contributed by atoms with Gasteiger partial charge in [-0.1, -0.05) is 12.1 Å². The highest BCUT2D eigenvalue weighted by molar-refractivity contribution is 7.89. The van der Waals surface area contributed by atoms with Crippen LogP contribution in [0.1, 0.15) is 18.4 Å². The molecule has 0 unspecified atom stereocenters. The van der Waals surface area contributed by atoms with Crippen molar-refractivity contribution in [2.75, 3.05) is 26.7 Å². The Morgan fingerprint density at radius 1 is 1.29 bits per heavy atom. The molecular weight excluding hydrogens is 346 g/mol. The number of sulfonamides is 1. The van der Waals surface area contributed by atoms with Gasteiger partial charge in [0.2, 0.25) is 10.0 Å². The standard InChI is InChI=1S/C17H23N3O2S.ClH/c1-13-10-15-4-3-5-16(17(15)19-11-13)23(21,22)20-8-6-14(7-9-20)12-18-2;/h3-5,10-11,14,18H,6-9,12H2,1-2H3;1H. The molecule has 3 rings (SSSR count). The Labute approximate surface area is 149 Å². The number of benzene rings is 1. The molecule has 1 aliphatic heterocycles. The van der Waals surface area contributed by atoms with Gasteiger partial charge >= 0.3 is 0 Å². The molecule has 1 aromatic carbocycles. The Bertz CT molecular complexity index is 803. The van der Waals surface area contributed by atoms with Gasteiger partial charge in [0.1, 0.15) is 4.90 Å². The fourth-order valence-electron chi connectivity index (χ4n) is 3.23. The van der Waals surface area contributed by atoms with Crippen LogP contribution in [0.5, 0.6) is 0 Å². The summed E-state index contributed by atoms with van der Waals surface area (Å²) in [5.41, 5.74) is 1.59. The van der Waals surface area contributed by atoms with Gasteiger partial charge in [0.05, 0.1) is 5.52 Å². The van der Waals surface area contributed by atoms with Crippen LogP contribution < -0.4 is 5.32 Å². The van der Waals surface area contributed by atoms with E-state index in [4.69, 9.17) is 0 Å². The highest BCUT2D eigenvalue weighted by Crippen LogP contribution is 2.28. The maximum absolute atomic E-state index is 13.0. The van der Waals surface area contributed by atoms with Crippen molar-refractivity contribution in [2.45, 2.75) is 24.7 Å². The van der Waals surface area contributed by atoms with Crippen LogP contribution in [0, 0.1) is 12.8 Å². The Balaban J connectivity index is 0.00000208. The van der Waals surface area contributed by atoms with Crippen molar-refractivity contribution in [3.8, 4) is 0 Å². The van der Waals surface area contributed by atoms with E-state index in [1.54, 1.807) is 22.6 Å². The molecule has 1 saturated heterocycles. The van der Waals surface area contributed by atoms with E-state index in [1.165, 1.54) is 0 Å². The van der Waals surface area contributed by atoms with E-state index in [1.807, 2.05) is 26.1 Å². The number of nitrogens with zero attached hydrogens (tertiary/aromatic N) is 2. The van der Waals surface area contributed by atoms with Gasteiger partial charge in [-0.25, -0.2) is 8.42 Å². The average Bonchev–Trinajstić information content (AvgIpc) is 2.55. The Morgan fingerprint density at radius 2 is 2.00 bits per heavy atom. The molecule has 0 amide bonds. The number of hydrogen-bond acceptors (Lipinski definition) is 4. The quantitative estimate of drug-likeness (QED) is 0.899. The zero-order valence-corrected chi connectivity index (χ0v) is 15.7. The topological polar surface area (TPSA) is 62.3 Å². The molecule has 1 aliphatic rings. The first-order chi connectivity index (χ1) is 11.0. The number of para-hydroxylation sites is 1. The van der Waals surface area contributed by atoms with Crippen molar-refractivity contribution in [2.24, 2.45) is 5.92 Å². The number of piperidine rings is 1. The zero-order valence-electron chi connectivity index (χ0n) is 14.0. The third-order valence-electron chi connectivity index (χ3n) is 4.49. The second-order valence-corrected chi connectivity index (χ2v) is 8.15. The maximum atomic E-state index is 13.0. The Kier molecular flexibility index (Phi) is 6.20. The highest BCUT2D eigenvalue weighted by atomic mass is 35.5.